The van der Waals surface area contributed by atoms with Gasteiger partial charge in [0.05, 0.1) is 10.6 Å². The van der Waals surface area contributed by atoms with Crippen molar-refractivity contribution in [3.05, 3.63) is 109 Å². The Hall–Kier alpha value is -4.33. The highest BCUT2D eigenvalue weighted by Crippen LogP contribution is 2.33. The number of benzene rings is 5. The SMILES string of the molecule is Cc1cc2c(cc1S(=O)(=O)O)nc1c3ccccc3c(Nc3ccccc3)cc1[n+]2-c1ccccc1. The minimum Gasteiger partial charge on any atom is -0.355 e. The topological polar surface area (TPSA) is 83.2 Å². The smallest absolute Gasteiger partial charge is 0.294 e. The molecule has 0 atom stereocenters. The van der Waals surface area contributed by atoms with Gasteiger partial charge < -0.3 is 5.32 Å². The van der Waals surface area contributed by atoms with Gasteiger partial charge in [-0.3, -0.25) is 4.55 Å². The maximum absolute atomic E-state index is 12.1. The van der Waals surface area contributed by atoms with Gasteiger partial charge in [0.2, 0.25) is 16.7 Å². The summed E-state index contributed by atoms with van der Waals surface area (Å²) in [5.74, 6) is 0. The van der Waals surface area contributed by atoms with Crippen LogP contribution in [-0.2, 0) is 10.1 Å². The number of hydrogen-bond donors (Lipinski definition) is 2. The summed E-state index contributed by atoms with van der Waals surface area (Å²) >= 11 is 0. The molecule has 0 amide bonds. The fourth-order valence-corrected chi connectivity index (χ4v) is 5.45. The fourth-order valence-electron chi connectivity index (χ4n) is 4.73. The Labute approximate surface area is 208 Å². The molecule has 36 heavy (non-hydrogen) atoms. The third-order valence-electron chi connectivity index (χ3n) is 6.33. The van der Waals surface area contributed by atoms with Crippen molar-refractivity contribution in [2.24, 2.45) is 0 Å². The molecule has 0 aliphatic carbocycles. The van der Waals surface area contributed by atoms with E-state index in [9.17, 15) is 13.0 Å². The van der Waals surface area contributed by atoms with Crippen molar-refractivity contribution >= 4 is 54.3 Å². The molecular weight excluding hydrogens is 470 g/mol. The van der Waals surface area contributed by atoms with Gasteiger partial charge in [-0.15, -0.1) is 4.57 Å². The van der Waals surface area contributed by atoms with Gasteiger partial charge in [0.25, 0.3) is 10.1 Å². The highest BCUT2D eigenvalue weighted by atomic mass is 32.2. The molecule has 2 N–H and O–H groups in total. The van der Waals surface area contributed by atoms with Crippen molar-refractivity contribution < 1.29 is 17.5 Å². The van der Waals surface area contributed by atoms with Gasteiger partial charge in [0.1, 0.15) is 11.0 Å². The zero-order valence-electron chi connectivity index (χ0n) is 19.4. The van der Waals surface area contributed by atoms with E-state index in [0.29, 0.717) is 11.1 Å². The van der Waals surface area contributed by atoms with Crippen LogP contribution in [-0.4, -0.2) is 18.0 Å². The van der Waals surface area contributed by atoms with Crippen LogP contribution in [0.15, 0.2) is 108 Å². The molecule has 7 heteroatoms. The standard InChI is InChI=1S/C29H21N3O3S/c1-19-16-26-25(18-28(19)36(33,34)35)31-29-23-15-9-8-14-22(23)24(30-20-10-4-2-5-11-20)17-27(29)32(26)21-12-6-3-7-13-21/h2-18H,1H3,(H,33,34,35)/p+1. The van der Waals surface area contributed by atoms with E-state index >= 15 is 0 Å². The van der Waals surface area contributed by atoms with Crippen molar-refractivity contribution in [2.45, 2.75) is 11.8 Å². The highest BCUT2D eigenvalue weighted by Gasteiger charge is 2.25. The Morgan fingerprint density at radius 3 is 2.11 bits per heavy atom. The Bertz CT molecular complexity index is 1890. The number of nitrogens with one attached hydrogen (secondary N) is 1. The van der Waals surface area contributed by atoms with E-state index in [4.69, 9.17) is 4.98 Å². The Balaban J connectivity index is 1.78. The third kappa shape index (κ3) is 3.75. The number of aromatic nitrogens is 2. The quantitative estimate of drug-likeness (QED) is 0.134. The van der Waals surface area contributed by atoms with Crippen molar-refractivity contribution in [3.8, 4) is 5.69 Å². The van der Waals surface area contributed by atoms with Crippen molar-refractivity contribution in [3.63, 3.8) is 0 Å². The molecule has 176 valence electrons. The zero-order valence-corrected chi connectivity index (χ0v) is 20.2. The second-order valence-corrected chi connectivity index (χ2v) is 10.1. The molecule has 0 saturated carbocycles. The van der Waals surface area contributed by atoms with Crippen LogP contribution in [0.25, 0.3) is 38.5 Å². The molecule has 6 rings (SSSR count). The van der Waals surface area contributed by atoms with E-state index in [1.807, 2.05) is 84.9 Å². The van der Waals surface area contributed by atoms with E-state index in [1.165, 1.54) is 6.07 Å². The number of fused-ring (bicyclic) bond motifs is 4. The number of aryl methyl sites for hydroxylation is 1. The molecule has 0 fully saturated rings. The van der Waals surface area contributed by atoms with Crippen LogP contribution >= 0.6 is 0 Å². The maximum atomic E-state index is 12.1. The molecule has 0 saturated heterocycles. The number of nitrogens with zero attached hydrogens (tertiary/aromatic N) is 2. The van der Waals surface area contributed by atoms with E-state index in [-0.39, 0.29) is 4.90 Å². The Morgan fingerprint density at radius 1 is 0.778 bits per heavy atom. The molecule has 0 spiro atoms. The third-order valence-corrected chi connectivity index (χ3v) is 7.32. The summed E-state index contributed by atoms with van der Waals surface area (Å²) in [4.78, 5) is 4.79. The van der Waals surface area contributed by atoms with Gasteiger partial charge in [0, 0.05) is 40.7 Å². The summed E-state index contributed by atoms with van der Waals surface area (Å²) < 4.78 is 36.0. The molecule has 0 aliphatic heterocycles. The normalized spacial score (nSPS) is 11.8. The maximum Gasteiger partial charge on any atom is 0.294 e. The summed E-state index contributed by atoms with van der Waals surface area (Å²) in [5.41, 5.74) is 6.06. The summed E-state index contributed by atoms with van der Waals surface area (Å²) in [6.45, 7) is 1.67. The second kappa shape index (κ2) is 8.41. The van der Waals surface area contributed by atoms with Crippen LogP contribution in [0.1, 0.15) is 5.56 Å². The molecule has 6 aromatic rings. The second-order valence-electron chi connectivity index (χ2n) is 8.69. The lowest BCUT2D eigenvalue weighted by Crippen LogP contribution is -2.33. The molecule has 5 aromatic carbocycles. The van der Waals surface area contributed by atoms with Crippen LogP contribution in [0, 0.1) is 6.92 Å². The minimum absolute atomic E-state index is 0.145. The number of rotatable bonds is 4. The lowest BCUT2D eigenvalue weighted by Gasteiger charge is -2.13. The largest absolute Gasteiger partial charge is 0.355 e. The van der Waals surface area contributed by atoms with Gasteiger partial charge >= 0.3 is 0 Å². The van der Waals surface area contributed by atoms with Gasteiger partial charge in [-0.1, -0.05) is 60.7 Å². The molecule has 6 nitrogen and oxygen atoms in total. The van der Waals surface area contributed by atoms with Gasteiger partial charge in [-0.25, -0.2) is 4.98 Å². The summed E-state index contributed by atoms with van der Waals surface area (Å²) in [7, 11) is -4.40. The first-order valence-corrected chi connectivity index (χ1v) is 12.9. The average Bonchev–Trinajstić information content (AvgIpc) is 2.88. The van der Waals surface area contributed by atoms with Gasteiger partial charge in [-0.05, 0) is 30.7 Å². The van der Waals surface area contributed by atoms with Crippen molar-refractivity contribution in [2.75, 3.05) is 5.32 Å². The first kappa shape index (κ1) is 22.2. The lowest BCUT2D eigenvalue weighted by molar-refractivity contribution is -0.538. The number of para-hydroxylation sites is 2. The minimum atomic E-state index is -4.40. The molecule has 0 unspecified atom stereocenters. The predicted octanol–water partition coefficient (Wildman–Crippen LogP) is 6.12. The molecule has 0 bridgehead atoms. The monoisotopic (exact) mass is 492 g/mol. The van der Waals surface area contributed by atoms with E-state index in [1.54, 1.807) is 13.0 Å². The summed E-state index contributed by atoms with van der Waals surface area (Å²) in [6.07, 6.45) is 0. The highest BCUT2D eigenvalue weighted by molar-refractivity contribution is 7.85. The molecule has 0 aliphatic rings. The molecular formula is C29H22N3O3S+. The lowest BCUT2D eigenvalue weighted by atomic mass is 10.0. The van der Waals surface area contributed by atoms with E-state index in [2.05, 4.69) is 16.0 Å². The van der Waals surface area contributed by atoms with Crippen molar-refractivity contribution in [1.82, 2.24) is 4.98 Å². The van der Waals surface area contributed by atoms with Crippen LogP contribution < -0.4 is 9.88 Å². The Morgan fingerprint density at radius 2 is 1.42 bits per heavy atom. The van der Waals surface area contributed by atoms with Gasteiger partial charge in [0.15, 0.2) is 0 Å². The number of anilines is 2. The molecule has 1 heterocycles. The Kier molecular flexibility index (Phi) is 5.17. The fraction of sp³-hybridized carbons (Fsp3) is 0.0345. The van der Waals surface area contributed by atoms with E-state index < -0.39 is 10.1 Å². The van der Waals surface area contributed by atoms with E-state index in [0.717, 1.165) is 44.4 Å². The van der Waals surface area contributed by atoms with Crippen LogP contribution in [0.5, 0.6) is 0 Å². The first-order chi connectivity index (χ1) is 17.4. The average molecular weight is 493 g/mol. The molecule has 0 radical (unpaired) electrons. The first-order valence-electron chi connectivity index (χ1n) is 11.5. The predicted molar refractivity (Wildman–Crippen MR) is 143 cm³/mol. The van der Waals surface area contributed by atoms with Crippen molar-refractivity contribution in [1.29, 1.82) is 0 Å². The summed E-state index contributed by atoms with van der Waals surface area (Å²) in [5, 5.41) is 5.47. The molecule has 1 aromatic heterocycles. The van der Waals surface area contributed by atoms with Gasteiger partial charge in [-0.2, -0.15) is 8.42 Å². The van der Waals surface area contributed by atoms with Crippen LogP contribution in [0.3, 0.4) is 0 Å². The zero-order chi connectivity index (χ0) is 24.9. The summed E-state index contributed by atoms with van der Waals surface area (Å²) in [6, 6.07) is 33.2. The number of hydrogen-bond acceptors (Lipinski definition) is 4. The van der Waals surface area contributed by atoms with Crippen LogP contribution in [0.4, 0.5) is 11.4 Å². The van der Waals surface area contributed by atoms with Crippen LogP contribution in [0.2, 0.25) is 0 Å².